The molecule has 4 N–H and O–H groups in total. The largest absolute Gasteiger partial charge is 0.508 e. The molecule has 0 aliphatic carbocycles. The maximum atomic E-state index is 11.1. The van der Waals surface area contributed by atoms with Crippen LogP contribution in [0, 0.1) is 0 Å². The van der Waals surface area contributed by atoms with Gasteiger partial charge in [-0.25, -0.2) is 9.59 Å². The van der Waals surface area contributed by atoms with Crippen molar-refractivity contribution in [3.63, 3.8) is 0 Å². The van der Waals surface area contributed by atoms with Crippen LogP contribution in [-0.4, -0.2) is 46.1 Å². The van der Waals surface area contributed by atoms with Gasteiger partial charge in [-0.1, -0.05) is 12.1 Å². The molecule has 0 spiro atoms. The summed E-state index contributed by atoms with van der Waals surface area (Å²) < 4.78 is 0. The second-order valence-electron chi connectivity index (χ2n) is 5.32. The summed E-state index contributed by atoms with van der Waals surface area (Å²) in [5.41, 5.74) is 1.49. The first-order valence-electron chi connectivity index (χ1n) is 7.37. The molecule has 1 aliphatic heterocycles. The smallest absolute Gasteiger partial charge is 0.351 e. The van der Waals surface area contributed by atoms with Crippen LogP contribution in [0.4, 0.5) is 0 Å². The number of nitrogens with zero attached hydrogens (tertiary/aromatic N) is 1. The Labute approximate surface area is 138 Å². The quantitative estimate of drug-likeness (QED) is 0.585. The van der Waals surface area contributed by atoms with Crippen molar-refractivity contribution in [1.82, 2.24) is 5.32 Å². The summed E-state index contributed by atoms with van der Waals surface area (Å²) in [7, 11) is 0. The summed E-state index contributed by atoms with van der Waals surface area (Å²) in [6, 6.07) is 5.89. The van der Waals surface area contributed by atoms with Crippen LogP contribution in [0.3, 0.4) is 0 Å². The van der Waals surface area contributed by atoms with E-state index in [9.17, 15) is 14.7 Å². The van der Waals surface area contributed by atoms with Crippen LogP contribution in [0.1, 0.15) is 12.0 Å². The number of nitrogens with one attached hydrogen (secondary N) is 1. The van der Waals surface area contributed by atoms with E-state index < -0.39 is 18.0 Å². The van der Waals surface area contributed by atoms with Crippen LogP contribution in [0.25, 0.3) is 0 Å². The first-order valence-corrected chi connectivity index (χ1v) is 7.37. The minimum absolute atomic E-state index is 0.141. The van der Waals surface area contributed by atoms with Crippen LogP contribution in [0.2, 0.25) is 0 Å². The number of hydrogen-bond acceptors (Lipinski definition) is 5. The van der Waals surface area contributed by atoms with E-state index in [0.29, 0.717) is 18.5 Å². The number of aliphatic imine (C=N–C) groups is 1. The molecular formula is C17H18N2O5. The Morgan fingerprint density at radius 3 is 2.58 bits per heavy atom. The van der Waals surface area contributed by atoms with E-state index in [4.69, 9.17) is 10.2 Å². The predicted molar refractivity (Wildman–Crippen MR) is 88.1 cm³/mol. The number of benzene rings is 1. The molecule has 1 atom stereocenters. The number of carboxylic acids is 2. The zero-order valence-electron chi connectivity index (χ0n) is 12.8. The second kappa shape index (κ2) is 7.96. The normalized spacial score (nSPS) is 19.1. The van der Waals surface area contributed by atoms with Gasteiger partial charge in [0, 0.05) is 19.2 Å². The predicted octanol–water partition coefficient (Wildman–Crippen LogP) is 1.35. The number of hydrogen-bond donors (Lipinski definition) is 4. The summed E-state index contributed by atoms with van der Waals surface area (Å²) in [5.74, 6) is -2.08. The standard InChI is InChI=1S/C17H18N2O5/c20-13-3-1-11(2-4-13)5-7-18-8-6-12-9-14(16(21)22)19-15(10-12)17(23)24/h1-4,6,8-9,15,19-20H,5,7,10H2,(H,21,22)(H,23,24)/b12-6+,18-8?/t15-/m0/s1. The first-order chi connectivity index (χ1) is 11.5. The fourth-order valence-electron chi connectivity index (χ4n) is 2.23. The zero-order chi connectivity index (χ0) is 17.5. The molecule has 0 radical (unpaired) electrons. The number of aromatic hydroxyl groups is 1. The van der Waals surface area contributed by atoms with Gasteiger partial charge in [0.25, 0.3) is 0 Å². The second-order valence-corrected chi connectivity index (χ2v) is 5.32. The summed E-state index contributed by atoms with van der Waals surface area (Å²) in [6.07, 6.45) is 5.48. The minimum Gasteiger partial charge on any atom is -0.508 e. The Balaban J connectivity index is 1.95. The highest BCUT2D eigenvalue weighted by molar-refractivity contribution is 5.89. The van der Waals surface area contributed by atoms with E-state index >= 15 is 0 Å². The summed E-state index contributed by atoms with van der Waals surface area (Å²) in [4.78, 5) is 26.3. The summed E-state index contributed by atoms with van der Waals surface area (Å²) in [6.45, 7) is 0.532. The molecule has 0 amide bonds. The molecule has 0 bridgehead atoms. The molecule has 1 heterocycles. The zero-order valence-corrected chi connectivity index (χ0v) is 12.8. The van der Waals surface area contributed by atoms with E-state index in [1.807, 2.05) is 12.1 Å². The van der Waals surface area contributed by atoms with Crippen LogP contribution < -0.4 is 5.32 Å². The monoisotopic (exact) mass is 330 g/mol. The Kier molecular flexibility index (Phi) is 5.73. The number of phenols is 1. The fourth-order valence-corrected chi connectivity index (χ4v) is 2.23. The number of allylic oxidation sites excluding steroid dienone is 2. The highest BCUT2D eigenvalue weighted by atomic mass is 16.4. The lowest BCUT2D eigenvalue weighted by atomic mass is 10.00. The lowest BCUT2D eigenvalue weighted by Crippen LogP contribution is -2.41. The van der Waals surface area contributed by atoms with Crippen molar-refractivity contribution in [3.05, 3.63) is 53.3 Å². The van der Waals surface area contributed by atoms with Crippen molar-refractivity contribution in [1.29, 1.82) is 0 Å². The van der Waals surface area contributed by atoms with Gasteiger partial charge in [-0.2, -0.15) is 0 Å². The highest BCUT2D eigenvalue weighted by Gasteiger charge is 2.26. The molecule has 24 heavy (non-hydrogen) atoms. The number of aliphatic carboxylic acids is 2. The van der Waals surface area contributed by atoms with Gasteiger partial charge in [0.2, 0.25) is 0 Å². The van der Waals surface area contributed by atoms with E-state index in [-0.39, 0.29) is 17.9 Å². The van der Waals surface area contributed by atoms with Crippen molar-refractivity contribution in [2.45, 2.75) is 18.9 Å². The van der Waals surface area contributed by atoms with Crippen molar-refractivity contribution >= 4 is 18.2 Å². The molecule has 7 nitrogen and oxygen atoms in total. The van der Waals surface area contributed by atoms with Crippen LogP contribution in [0.15, 0.2) is 52.7 Å². The van der Waals surface area contributed by atoms with Gasteiger partial charge in [-0.05, 0) is 41.8 Å². The van der Waals surface area contributed by atoms with Gasteiger partial charge in [-0.15, -0.1) is 0 Å². The first kappa shape index (κ1) is 17.3. The third kappa shape index (κ3) is 4.98. The lowest BCUT2D eigenvalue weighted by molar-refractivity contribution is -0.139. The van der Waals surface area contributed by atoms with Gasteiger partial charge in [0.15, 0.2) is 0 Å². The van der Waals surface area contributed by atoms with Crippen LogP contribution in [-0.2, 0) is 16.0 Å². The molecule has 1 aromatic carbocycles. The average Bonchev–Trinajstić information content (AvgIpc) is 2.56. The molecule has 1 aliphatic rings. The minimum atomic E-state index is -1.20. The van der Waals surface area contributed by atoms with E-state index in [1.54, 1.807) is 24.4 Å². The Bertz CT molecular complexity index is 704. The highest BCUT2D eigenvalue weighted by Crippen LogP contribution is 2.16. The Morgan fingerprint density at radius 2 is 1.96 bits per heavy atom. The molecule has 126 valence electrons. The Hall–Kier alpha value is -3.09. The van der Waals surface area contributed by atoms with Crippen LogP contribution >= 0.6 is 0 Å². The average molecular weight is 330 g/mol. The molecule has 1 aromatic rings. The molecule has 7 heteroatoms. The van der Waals surface area contributed by atoms with Crippen LogP contribution in [0.5, 0.6) is 5.75 Å². The third-order valence-corrected chi connectivity index (χ3v) is 3.49. The molecule has 2 rings (SSSR count). The summed E-state index contributed by atoms with van der Waals surface area (Å²) in [5, 5.41) is 29.7. The van der Waals surface area contributed by atoms with Gasteiger partial charge in [-0.3, -0.25) is 4.99 Å². The van der Waals surface area contributed by atoms with E-state index in [0.717, 1.165) is 5.56 Å². The number of carbonyl (C=O) groups is 2. The molecular weight excluding hydrogens is 312 g/mol. The number of carboxylic acid groups (broad SMARTS) is 2. The maximum Gasteiger partial charge on any atom is 0.351 e. The van der Waals surface area contributed by atoms with Gasteiger partial charge in [0.05, 0.1) is 0 Å². The SMILES string of the molecule is O=C(O)C1=C/C(=C\C=NCCc2ccc(O)cc2)C[C@@H](C(=O)O)N1. The summed E-state index contributed by atoms with van der Waals surface area (Å²) >= 11 is 0. The number of phenolic OH excluding ortho intramolecular Hbond substituents is 1. The lowest BCUT2D eigenvalue weighted by Gasteiger charge is -2.21. The van der Waals surface area contributed by atoms with E-state index in [1.165, 1.54) is 6.08 Å². The fraction of sp³-hybridized carbons (Fsp3) is 0.235. The third-order valence-electron chi connectivity index (χ3n) is 3.49. The van der Waals surface area contributed by atoms with E-state index in [2.05, 4.69) is 10.3 Å². The van der Waals surface area contributed by atoms with Crippen molar-refractivity contribution in [2.24, 2.45) is 4.99 Å². The van der Waals surface area contributed by atoms with Crippen molar-refractivity contribution in [2.75, 3.05) is 6.54 Å². The number of rotatable bonds is 6. The maximum absolute atomic E-state index is 11.1. The molecule has 0 saturated heterocycles. The van der Waals surface area contributed by atoms with Gasteiger partial charge < -0.3 is 20.6 Å². The molecule has 0 saturated carbocycles. The van der Waals surface area contributed by atoms with Gasteiger partial charge in [0.1, 0.15) is 17.5 Å². The molecule has 0 unspecified atom stereocenters. The van der Waals surface area contributed by atoms with Crippen molar-refractivity contribution in [3.8, 4) is 5.75 Å². The topological polar surface area (TPSA) is 119 Å². The Morgan fingerprint density at radius 1 is 1.25 bits per heavy atom. The van der Waals surface area contributed by atoms with Gasteiger partial charge >= 0.3 is 11.9 Å². The van der Waals surface area contributed by atoms with Crippen molar-refractivity contribution < 1.29 is 24.9 Å². The molecule has 0 fully saturated rings. The molecule has 0 aromatic heterocycles.